The van der Waals surface area contributed by atoms with Crippen LogP contribution in [0, 0.1) is 0 Å². The van der Waals surface area contributed by atoms with Crippen molar-refractivity contribution in [3.63, 3.8) is 0 Å². The Hall–Kier alpha value is -3.19. The van der Waals surface area contributed by atoms with Crippen LogP contribution in [0.1, 0.15) is 52.9 Å². The third-order valence-electron chi connectivity index (χ3n) is 5.60. The van der Waals surface area contributed by atoms with E-state index >= 15 is 0 Å². The number of benzene rings is 2. The van der Waals surface area contributed by atoms with Crippen molar-refractivity contribution < 1.29 is 14.4 Å². The molecule has 4 N–H and O–H groups in total. The number of imide groups is 1. The van der Waals surface area contributed by atoms with E-state index in [1.54, 1.807) is 11.0 Å². The van der Waals surface area contributed by atoms with Crippen LogP contribution in [0.5, 0.6) is 0 Å². The number of carbonyl (C=O) groups excluding carboxylic acids is 3. The molecule has 0 aromatic heterocycles. The number of hydrogen-bond donors (Lipinski definition) is 3. The lowest BCUT2D eigenvalue weighted by Crippen LogP contribution is -2.52. The number of rotatable bonds is 5. The normalized spacial score (nSPS) is 19.7. The van der Waals surface area contributed by atoms with Gasteiger partial charge in [-0.25, -0.2) is 0 Å². The van der Waals surface area contributed by atoms with E-state index in [0.717, 1.165) is 22.4 Å². The van der Waals surface area contributed by atoms with Gasteiger partial charge in [0.25, 0.3) is 5.91 Å². The van der Waals surface area contributed by atoms with Gasteiger partial charge in [0.1, 0.15) is 6.04 Å². The average Bonchev–Trinajstić information content (AvgIpc) is 3.04. The molecule has 7 heteroatoms. The van der Waals surface area contributed by atoms with Gasteiger partial charge in [-0.3, -0.25) is 19.7 Å². The largest absolute Gasteiger partial charge is 0.381 e. The van der Waals surface area contributed by atoms with Crippen molar-refractivity contribution in [2.45, 2.75) is 44.9 Å². The fourth-order valence-electron chi connectivity index (χ4n) is 3.92. The molecular weight excluding hydrogens is 368 g/mol. The molecule has 0 spiro atoms. The second-order valence-electron chi connectivity index (χ2n) is 7.61. The second-order valence-corrected chi connectivity index (χ2v) is 7.61. The minimum absolute atomic E-state index is 0.00859. The highest BCUT2D eigenvalue weighted by molar-refractivity contribution is 6.05. The Labute approximate surface area is 169 Å². The lowest BCUT2D eigenvalue weighted by atomic mass is 10.0. The van der Waals surface area contributed by atoms with Crippen molar-refractivity contribution in [3.8, 4) is 0 Å². The zero-order valence-corrected chi connectivity index (χ0v) is 16.3. The number of carbonyl (C=O) groups is 3. The van der Waals surface area contributed by atoms with Crippen LogP contribution in [0.3, 0.4) is 0 Å². The molecule has 2 aromatic rings. The molecule has 4 rings (SSSR count). The molecule has 1 saturated heterocycles. The monoisotopic (exact) mass is 392 g/mol. The van der Waals surface area contributed by atoms with Crippen LogP contribution in [-0.2, 0) is 22.7 Å². The third kappa shape index (κ3) is 3.73. The summed E-state index contributed by atoms with van der Waals surface area (Å²) in [5.74, 6) is -0.829. The van der Waals surface area contributed by atoms with E-state index in [9.17, 15) is 14.4 Å². The Morgan fingerprint density at radius 2 is 1.93 bits per heavy atom. The molecule has 1 fully saturated rings. The average molecular weight is 392 g/mol. The fourth-order valence-corrected chi connectivity index (χ4v) is 3.92. The summed E-state index contributed by atoms with van der Waals surface area (Å²) >= 11 is 0. The number of hydrogen-bond acceptors (Lipinski definition) is 5. The second kappa shape index (κ2) is 7.67. The quantitative estimate of drug-likeness (QED) is 0.676. The summed E-state index contributed by atoms with van der Waals surface area (Å²) in [6, 6.07) is 13.0. The highest BCUT2D eigenvalue weighted by atomic mass is 16.2. The van der Waals surface area contributed by atoms with Crippen molar-refractivity contribution in [1.29, 1.82) is 0 Å². The van der Waals surface area contributed by atoms with Gasteiger partial charge in [0.05, 0.1) is 0 Å². The van der Waals surface area contributed by atoms with E-state index < -0.39 is 11.9 Å². The maximum Gasteiger partial charge on any atom is 0.255 e. The molecule has 2 atom stereocenters. The molecule has 0 bridgehead atoms. The maximum absolute atomic E-state index is 12.9. The lowest BCUT2D eigenvalue weighted by molar-refractivity contribution is -0.136. The van der Waals surface area contributed by atoms with E-state index in [-0.39, 0.29) is 24.3 Å². The smallest absolute Gasteiger partial charge is 0.255 e. The van der Waals surface area contributed by atoms with Gasteiger partial charge in [-0.15, -0.1) is 0 Å². The molecule has 150 valence electrons. The molecule has 0 saturated carbocycles. The molecule has 2 aromatic carbocycles. The molecule has 2 aliphatic heterocycles. The number of piperidine rings is 1. The van der Waals surface area contributed by atoms with Crippen LogP contribution in [0.2, 0.25) is 0 Å². The van der Waals surface area contributed by atoms with Crippen LogP contribution >= 0.6 is 0 Å². The standard InChI is InChI=1S/C22H24N4O3/c1-13(23)14-5-7-16(8-6-14)24-11-15-3-2-4-17-18(15)12-26(22(17)29)19-9-10-20(27)25-21(19)28/h2-8,13,19,24H,9-12,23H2,1H3,(H,25,27,28). The molecule has 7 nitrogen and oxygen atoms in total. The summed E-state index contributed by atoms with van der Waals surface area (Å²) in [6.07, 6.45) is 0.617. The molecule has 0 aliphatic carbocycles. The SMILES string of the molecule is CC(N)c1ccc(NCc2cccc3c2CN(C2CCC(=O)NC2=O)C3=O)cc1. The van der Waals surface area contributed by atoms with E-state index in [2.05, 4.69) is 10.6 Å². The molecule has 2 unspecified atom stereocenters. The summed E-state index contributed by atoms with van der Waals surface area (Å²) in [5, 5.41) is 5.72. The Balaban J connectivity index is 1.49. The van der Waals surface area contributed by atoms with Crippen molar-refractivity contribution >= 4 is 23.4 Å². The van der Waals surface area contributed by atoms with Gasteiger partial charge in [-0.2, -0.15) is 0 Å². The fraction of sp³-hybridized carbons (Fsp3) is 0.318. The van der Waals surface area contributed by atoms with Crippen molar-refractivity contribution in [1.82, 2.24) is 10.2 Å². The summed E-state index contributed by atoms with van der Waals surface area (Å²) in [7, 11) is 0. The first-order chi connectivity index (χ1) is 13.9. The Morgan fingerprint density at radius 1 is 1.17 bits per heavy atom. The topological polar surface area (TPSA) is 105 Å². The number of nitrogens with one attached hydrogen (secondary N) is 2. The maximum atomic E-state index is 12.9. The van der Waals surface area contributed by atoms with Crippen LogP contribution in [0.15, 0.2) is 42.5 Å². The first kappa shape index (κ1) is 19.1. The molecular formula is C22H24N4O3. The summed E-state index contributed by atoms with van der Waals surface area (Å²) in [5.41, 5.74) is 10.5. The van der Waals surface area contributed by atoms with E-state index in [0.29, 0.717) is 25.1 Å². The van der Waals surface area contributed by atoms with Crippen molar-refractivity contribution in [2.24, 2.45) is 5.73 Å². The Morgan fingerprint density at radius 3 is 2.62 bits per heavy atom. The lowest BCUT2D eigenvalue weighted by Gasteiger charge is -2.29. The number of nitrogens with zero attached hydrogens (tertiary/aromatic N) is 1. The van der Waals surface area contributed by atoms with Gasteiger partial charge in [0, 0.05) is 36.8 Å². The molecule has 0 radical (unpaired) electrons. The van der Waals surface area contributed by atoms with E-state index in [4.69, 9.17) is 5.73 Å². The van der Waals surface area contributed by atoms with Gasteiger partial charge >= 0.3 is 0 Å². The summed E-state index contributed by atoms with van der Waals surface area (Å²) in [4.78, 5) is 38.1. The molecule has 2 heterocycles. The number of fused-ring (bicyclic) bond motifs is 1. The number of amides is 3. The summed E-state index contributed by atoms with van der Waals surface area (Å²) in [6.45, 7) is 2.89. The zero-order valence-electron chi connectivity index (χ0n) is 16.3. The van der Waals surface area contributed by atoms with Gasteiger partial charge in [0.2, 0.25) is 11.8 Å². The molecule has 29 heavy (non-hydrogen) atoms. The van der Waals surface area contributed by atoms with Crippen molar-refractivity contribution in [2.75, 3.05) is 5.32 Å². The van der Waals surface area contributed by atoms with Gasteiger partial charge in [-0.1, -0.05) is 24.3 Å². The highest BCUT2D eigenvalue weighted by Crippen LogP contribution is 2.30. The summed E-state index contributed by atoms with van der Waals surface area (Å²) < 4.78 is 0. The van der Waals surface area contributed by atoms with Crippen molar-refractivity contribution in [3.05, 3.63) is 64.7 Å². The number of anilines is 1. The minimum atomic E-state index is -0.598. The van der Waals surface area contributed by atoms with Crippen LogP contribution in [-0.4, -0.2) is 28.7 Å². The van der Waals surface area contributed by atoms with Gasteiger partial charge < -0.3 is 16.0 Å². The predicted molar refractivity (Wildman–Crippen MR) is 109 cm³/mol. The van der Waals surface area contributed by atoms with E-state index in [1.807, 2.05) is 43.3 Å². The third-order valence-corrected chi connectivity index (χ3v) is 5.60. The van der Waals surface area contributed by atoms with Crippen LogP contribution < -0.4 is 16.4 Å². The van der Waals surface area contributed by atoms with Crippen LogP contribution in [0.25, 0.3) is 0 Å². The first-order valence-electron chi connectivity index (χ1n) is 9.79. The van der Waals surface area contributed by atoms with E-state index in [1.165, 1.54) is 0 Å². The van der Waals surface area contributed by atoms with Gasteiger partial charge in [0.15, 0.2) is 0 Å². The first-order valence-corrected chi connectivity index (χ1v) is 9.79. The number of nitrogens with two attached hydrogens (primary N) is 1. The Kier molecular flexibility index (Phi) is 5.07. The van der Waals surface area contributed by atoms with Gasteiger partial charge in [-0.05, 0) is 48.2 Å². The Bertz CT molecular complexity index is 969. The van der Waals surface area contributed by atoms with Crippen LogP contribution in [0.4, 0.5) is 5.69 Å². The predicted octanol–water partition coefficient (Wildman–Crippen LogP) is 2.08. The minimum Gasteiger partial charge on any atom is -0.381 e. The zero-order chi connectivity index (χ0) is 20.5. The molecule has 3 amide bonds. The molecule has 2 aliphatic rings. The highest BCUT2D eigenvalue weighted by Gasteiger charge is 2.39.